The normalized spacial score (nSPS) is 20.8. The van der Waals surface area contributed by atoms with Gasteiger partial charge in [0.25, 0.3) is 0 Å². The second-order valence-electron chi connectivity index (χ2n) is 5.71. The molecule has 1 fully saturated rings. The van der Waals surface area contributed by atoms with Crippen molar-refractivity contribution in [3.05, 3.63) is 29.3 Å². The first kappa shape index (κ1) is 14.4. The van der Waals surface area contributed by atoms with Crippen LogP contribution >= 0.6 is 0 Å². The molecule has 0 aromatic heterocycles. The minimum atomic E-state index is 0.653. The summed E-state index contributed by atoms with van der Waals surface area (Å²) >= 11 is 0. The lowest BCUT2D eigenvalue weighted by atomic mass is 10.0. The zero-order valence-corrected chi connectivity index (χ0v) is 12.7. The van der Waals surface area contributed by atoms with E-state index in [1.807, 2.05) is 7.05 Å². The Balaban J connectivity index is 2.13. The number of likely N-dealkylation sites (N-methyl/N-ethyl adjacent to an activating group) is 1. The van der Waals surface area contributed by atoms with Crippen molar-refractivity contribution < 1.29 is 0 Å². The Morgan fingerprint density at radius 1 is 1.21 bits per heavy atom. The third kappa shape index (κ3) is 3.28. The summed E-state index contributed by atoms with van der Waals surface area (Å²) in [5.41, 5.74) is 4.25. The van der Waals surface area contributed by atoms with Gasteiger partial charge in [-0.2, -0.15) is 0 Å². The monoisotopic (exact) mass is 261 g/mol. The number of benzene rings is 1. The summed E-state index contributed by atoms with van der Waals surface area (Å²) in [5, 5.41) is 3.27. The van der Waals surface area contributed by atoms with E-state index < -0.39 is 0 Å². The first-order valence-electron chi connectivity index (χ1n) is 7.29. The van der Waals surface area contributed by atoms with E-state index in [2.05, 4.69) is 54.2 Å². The molecule has 2 rings (SSSR count). The van der Waals surface area contributed by atoms with Crippen LogP contribution in [0.15, 0.2) is 18.2 Å². The van der Waals surface area contributed by atoms with E-state index in [0.717, 1.165) is 26.2 Å². The maximum absolute atomic E-state index is 3.27. The predicted octanol–water partition coefficient (Wildman–Crippen LogP) is 2.03. The van der Waals surface area contributed by atoms with Crippen LogP contribution in [0.3, 0.4) is 0 Å². The first-order valence-corrected chi connectivity index (χ1v) is 7.29. The van der Waals surface area contributed by atoms with Gasteiger partial charge in [-0.25, -0.2) is 0 Å². The average Bonchev–Trinajstić information content (AvgIpc) is 2.39. The summed E-state index contributed by atoms with van der Waals surface area (Å²) < 4.78 is 0. The molecule has 0 spiro atoms. The summed E-state index contributed by atoms with van der Waals surface area (Å²) in [6, 6.07) is 7.26. The second-order valence-corrected chi connectivity index (χ2v) is 5.71. The van der Waals surface area contributed by atoms with Crippen LogP contribution in [0.1, 0.15) is 17.5 Å². The fraction of sp³-hybridized carbons (Fsp3) is 0.625. The Morgan fingerprint density at radius 3 is 2.53 bits per heavy atom. The van der Waals surface area contributed by atoms with Gasteiger partial charge >= 0.3 is 0 Å². The SMILES string of the molecule is CNCCC1CN(c2c(C)cccc2C)CCN1C. The molecular weight excluding hydrogens is 234 g/mol. The standard InChI is InChI=1S/C16H27N3/c1-13-6-5-7-14(2)16(13)19-11-10-18(4)15(12-19)8-9-17-3/h5-7,15,17H,8-12H2,1-4H3. The summed E-state index contributed by atoms with van der Waals surface area (Å²) in [5.74, 6) is 0. The van der Waals surface area contributed by atoms with E-state index in [1.165, 1.54) is 23.2 Å². The molecule has 1 atom stereocenters. The Labute approximate surface area is 117 Å². The van der Waals surface area contributed by atoms with Gasteiger partial charge in [0.05, 0.1) is 0 Å². The van der Waals surface area contributed by atoms with Crippen molar-refractivity contribution in [1.29, 1.82) is 0 Å². The largest absolute Gasteiger partial charge is 0.368 e. The highest BCUT2D eigenvalue weighted by molar-refractivity contribution is 5.59. The molecule has 19 heavy (non-hydrogen) atoms. The van der Waals surface area contributed by atoms with Gasteiger partial charge in [0.1, 0.15) is 0 Å². The third-order valence-electron chi connectivity index (χ3n) is 4.26. The molecule has 1 aliphatic rings. The van der Waals surface area contributed by atoms with Gasteiger partial charge in [0.15, 0.2) is 0 Å². The summed E-state index contributed by atoms with van der Waals surface area (Å²) in [7, 11) is 4.29. The number of anilines is 1. The predicted molar refractivity (Wildman–Crippen MR) is 83.1 cm³/mol. The highest BCUT2D eigenvalue weighted by Crippen LogP contribution is 2.27. The van der Waals surface area contributed by atoms with Crippen molar-refractivity contribution in [2.24, 2.45) is 0 Å². The molecule has 1 aliphatic heterocycles. The van der Waals surface area contributed by atoms with Gasteiger partial charge in [-0.3, -0.25) is 4.90 Å². The molecule has 1 saturated heterocycles. The molecule has 1 heterocycles. The smallest absolute Gasteiger partial charge is 0.0426 e. The van der Waals surface area contributed by atoms with Crippen LogP contribution in [0.5, 0.6) is 0 Å². The first-order chi connectivity index (χ1) is 9.13. The van der Waals surface area contributed by atoms with E-state index in [4.69, 9.17) is 0 Å². The van der Waals surface area contributed by atoms with Crippen molar-refractivity contribution in [3.63, 3.8) is 0 Å². The fourth-order valence-corrected chi connectivity index (χ4v) is 3.08. The highest BCUT2D eigenvalue weighted by atomic mass is 15.3. The molecule has 1 N–H and O–H groups in total. The van der Waals surface area contributed by atoms with Gasteiger partial charge < -0.3 is 10.2 Å². The van der Waals surface area contributed by atoms with Gasteiger partial charge in [-0.15, -0.1) is 0 Å². The Kier molecular flexibility index (Phi) is 4.83. The molecule has 3 nitrogen and oxygen atoms in total. The van der Waals surface area contributed by atoms with Crippen LogP contribution in [0.4, 0.5) is 5.69 Å². The maximum atomic E-state index is 3.27. The van der Waals surface area contributed by atoms with Crippen molar-refractivity contribution >= 4 is 5.69 Å². The van der Waals surface area contributed by atoms with Gasteiger partial charge in [-0.1, -0.05) is 18.2 Å². The van der Waals surface area contributed by atoms with Crippen molar-refractivity contribution in [2.75, 3.05) is 45.2 Å². The van der Waals surface area contributed by atoms with Crippen LogP contribution in [-0.4, -0.2) is 51.2 Å². The minimum Gasteiger partial charge on any atom is -0.368 e. The molecular formula is C16H27N3. The van der Waals surface area contributed by atoms with E-state index in [-0.39, 0.29) is 0 Å². The molecule has 0 amide bonds. The molecule has 0 bridgehead atoms. The molecule has 0 aliphatic carbocycles. The molecule has 0 radical (unpaired) electrons. The van der Waals surface area contributed by atoms with Gasteiger partial charge in [0.2, 0.25) is 0 Å². The molecule has 3 heteroatoms. The fourth-order valence-electron chi connectivity index (χ4n) is 3.08. The number of piperazine rings is 1. The zero-order chi connectivity index (χ0) is 13.8. The van der Waals surface area contributed by atoms with Crippen LogP contribution in [0.2, 0.25) is 0 Å². The average molecular weight is 261 g/mol. The van der Waals surface area contributed by atoms with Crippen LogP contribution in [0.25, 0.3) is 0 Å². The maximum Gasteiger partial charge on any atom is 0.0426 e. The van der Waals surface area contributed by atoms with Crippen molar-refractivity contribution in [3.8, 4) is 0 Å². The number of hydrogen-bond donors (Lipinski definition) is 1. The zero-order valence-electron chi connectivity index (χ0n) is 12.7. The minimum absolute atomic E-state index is 0.653. The number of aryl methyl sites for hydroxylation is 2. The number of para-hydroxylation sites is 1. The number of nitrogens with zero attached hydrogens (tertiary/aromatic N) is 2. The summed E-state index contributed by atoms with van der Waals surface area (Å²) in [6.07, 6.45) is 1.22. The van der Waals surface area contributed by atoms with E-state index in [9.17, 15) is 0 Å². The van der Waals surface area contributed by atoms with Crippen LogP contribution in [0, 0.1) is 13.8 Å². The van der Waals surface area contributed by atoms with Crippen LogP contribution < -0.4 is 10.2 Å². The van der Waals surface area contributed by atoms with Crippen molar-refractivity contribution in [2.45, 2.75) is 26.3 Å². The number of hydrogen-bond acceptors (Lipinski definition) is 3. The van der Waals surface area contributed by atoms with Gasteiger partial charge in [-0.05, 0) is 52.0 Å². The topological polar surface area (TPSA) is 18.5 Å². The second kappa shape index (κ2) is 6.40. The lowest BCUT2D eigenvalue weighted by molar-refractivity contribution is 0.208. The van der Waals surface area contributed by atoms with Crippen molar-refractivity contribution in [1.82, 2.24) is 10.2 Å². The third-order valence-corrected chi connectivity index (χ3v) is 4.26. The highest BCUT2D eigenvalue weighted by Gasteiger charge is 2.25. The van der Waals surface area contributed by atoms with E-state index in [1.54, 1.807) is 0 Å². The molecule has 1 unspecified atom stereocenters. The van der Waals surface area contributed by atoms with E-state index >= 15 is 0 Å². The molecule has 1 aromatic carbocycles. The lowest BCUT2D eigenvalue weighted by Crippen LogP contribution is -2.52. The van der Waals surface area contributed by atoms with Gasteiger partial charge in [0, 0.05) is 31.4 Å². The Bertz CT molecular complexity index is 396. The summed E-state index contributed by atoms with van der Waals surface area (Å²) in [6.45, 7) is 8.98. The quantitative estimate of drug-likeness (QED) is 0.895. The molecule has 1 aromatic rings. The summed E-state index contributed by atoms with van der Waals surface area (Å²) in [4.78, 5) is 5.08. The van der Waals surface area contributed by atoms with E-state index in [0.29, 0.717) is 6.04 Å². The van der Waals surface area contributed by atoms with Crippen LogP contribution in [-0.2, 0) is 0 Å². The molecule has 0 saturated carbocycles. The number of nitrogens with one attached hydrogen (secondary N) is 1. The Hall–Kier alpha value is -1.06. The Morgan fingerprint density at radius 2 is 1.89 bits per heavy atom. The number of rotatable bonds is 4. The lowest BCUT2D eigenvalue weighted by Gasteiger charge is -2.41. The molecule has 106 valence electrons.